The number of benzene rings is 1. The minimum atomic E-state index is -0.176. The van der Waals surface area contributed by atoms with Gasteiger partial charge in [-0.05, 0) is 30.0 Å². The number of rotatable bonds is 7. The monoisotopic (exact) mass is 310 g/mol. The second kappa shape index (κ2) is 8.46. The molecule has 0 bridgehead atoms. The average Bonchev–Trinajstić information content (AvgIpc) is 2.52. The van der Waals surface area contributed by atoms with E-state index < -0.39 is 0 Å². The molecule has 2 N–H and O–H groups in total. The lowest BCUT2D eigenvalue weighted by Crippen LogP contribution is -2.37. The smallest absolute Gasteiger partial charge is 0.146 e. The Bertz CT molecular complexity index is 462. The third-order valence-corrected chi connectivity index (χ3v) is 4.18. The molecule has 1 fully saturated rings. The number of ether oxygens (including phenoxy) is 1. The first-order valence-electron chi connectivity index (χ1n) is 8.07. The van der Waals surface area contributed by atoms with E-state index in [0.29, 0.717) is 37.8 Å². The first-order valence-corrected chi connectivity index (χ1v) is 8.07. The van der Waals surface area contributed by atoms with E-state index in [1.807, 2.05) is 17.0 Å². The quantitative estimate of drug-likeness (QED) is 0.810. The summed E-state index contributed by atoms with van der Waals surface area (Å²) in [6.45, 7) is 7.80. The molecule has 1 aliphatic rings. The standard InChI is InChI=1S/C17H27FN2O2/c1-13(2)16(5-8-21)19-12-14-3-4-17(15(18)11-14)20-6-9-22-10-7-20/h3-4,11,13,16,19,21H,5-10,12H2,1-2H3. The summed E-state index contributed by atoms with van der Waals surface area (Å²) in [6, 6.07) is 5.67. The number of anilines is 1. The molecule has 1 aliphatic heterocycles. The van der Waals surface area contributed by atoms with Gasteiger partial charge in [0, 0.05) is 32.3 Å². The Kier molecular flexibility index (Phi) is 6.61. The number of hydrogen-bond acceptors (Lipinski definition) is 4. The number of morpholine rings is 1. The first kappa shape index (κ1) is 17.2. The summed E-state index contributed by atoms with van der Waals surface area (Å²) in [5.41, 5.74) is 1.58. The molecule has 0 radical (unpaired) electrons. The fourth-order valence-electron chi connectivity index (χ4n) is 2.78. The number of aliphatic hydroxyl groups is 1. The van der Waals surface area contributed by atoms with E-state index >= 15 is 0 Å². The highest BCUT2D eigenvalue weighted by Gasteiger charge is 2.16. The Morgan fingerprint density at radius 2 is 2.05 bits per heavy atom. The Morgan fingerprint density at radius 3 is 2.64 bits per heavy atom. The minimum absolute atomic E-state index is 0.167. The van der Waals surface area contributed by atoms with Crippen molar-refractivity contribution in [2.24, 2.45) is 5.92 Å². The normalized spacial score (nSPS) is 17.0. The lowest BCUT2D eigenvalue weighted by atomic mass is 10.0. The van der Waals surface area contributed by atoms with Gasteiger partial charge < -0.3 is 20.1 Å². The predicted octanol–water partition coefficient (Wildman–Crippen LogP) is 2.16. The number of halogens is 1. The molecular weight excluding hydrogens is 283 g/mol. The number of nitrogens with one attached hydrogen (secondary N) is 1. The van der Waals surface area contributed by atoms with E-state index in [4.69, 9.17) is 9.84 Å². The number of nitrogens with zero attached hydrogens (tertiary/aromatic N) is 1. The summed E-state index contributed by atoms with van der Waals surface area (Å²) < 4.78 is 19.6. The zero-order chi connectivity index (χ0) is 15.9. The maximum absolute atomic E-state index is 14.3. The Hall–Kier alpha value is -1.17. The van der Waals surface area contributed by atoms with E-state index in [9.17, 15) is 4.39 Å². The molecule has 1 unspecified atom stereocenters. The number of hydrogen-bond donors (Lipinski definition) is 2. The van der Waals surface area contributed by atoms with Crippen molar-refractivity contribution in [3.05, 3.63) is 29.6 Å². The summed E-state index contributed by atoms with van der Waals surface area (Å²) >= 11 is 0. The molecule has 0 spiro atoms. The Labute approximate surface area is 132 Å². The lowest BCUT2D eigenvalue weighted by molar-refractivity contribution is 0.122. The maximum Gasteiger partial charge on any atom is 0.146 e. The van der Waals surface area contributed by atoms with Crippen LogP contribution in [0.3, 0.4) is 0 Å². The van der Waals surface area contributed by atoms with Crippen LogP contribution in [0.2, 0.25) is 0 Å². The van der Waals surface area contributed by atoms with Crippen LogP contribution in [0.15, 0.2) is 18.2 Å². The van der Waals surface area contributed by atoms with Crippen LogP contribution in [0.5, 0.6) is 0 Å². The SMILES string of the molecule is CC(C)C(CCO)NCc1ccc(N2CCOCC2)c(F)c1. The molecule has 4 nitrogen and oxygen atoms in total. The Morgan fingerprint density at radius 1 is 1.32 bits per heavy atom. The first-order chi connectivity index (χ1) is 10.6. The number of aliphatic hydroxyl groups excluding tert-OH is 1. The highest BCUT2D eigenvalue weighted by atomic mass is 19.1. The van der Waals surface area contributed by atoms with E-state index in [-0.39, 0.29) is 18.5 Å². The van der Waals surface area contributed by atoms with Crippen molar-refractivity contribution in [3.8, 4) is 0 Å². The van der Waals surface area contributed by atoms with Gasteiger partial charge in [-0.25, -0.2) is 4.39 Å². The van der Waals surface area contributed by atoms with Crippen LogP contribution in [0.25, 0.3) is 0 Å². The molecule has 1 atom stereocenters. The molecule has 1 aromatic carbocycles. The molecule has 1 aromatic rings. The van der Waals surface area contributed by atoms with Crippen molar-refractivity contribution in [2.75, 3.05) is 37.8 Å². The van der Waals surface area contributed by atoms with Crippen molar-refractivity contribution in [1.82, 2.24) is 5.32 Å². The molecule has 0 amide bonds. The van der Waals surface area contributed by atoms with Crippen LogP contribution in [-0.2, 0) is 11.3 Å². The summed E-state index contributed by atoms with van der Waals surface area (Å²) in [5, 5.41) is 12.5. The van der Waals surface area contributed by atoms with Gasteiger partial charge in [-0.2, -0.15) is 0 Å². The topological polar surface area (TPSA) is 44.7 Å². The van der Waals surface area contributed by atoms with Gasteiger partial charge in [0.15, 0.2) is 0 Å². The largest absolute Gasteiger partial charge is 0.396 e. The maximum atomic E-state index is 14.3. The third-order valence-electron chi connectivity index (χ3n) is 4.18. The zero-order valence-corrected chi connectivity index (χ0v) is 13.5. The predicted molar refractivity (Wildman–Crippen MR) is 86.6 cm³/mol. The van der Waals surface area contributed by atoms with Gasteiger partial charge in [0.05, 0.1) is 18.9 Å². The summed E-state index contributed by atoms with van der Waals surface area (Å²) in [6.07, 6.45) is 0.714. The van der Waals surface area contributed by atoms with Crippen LogP contribution >= 0.6 is 0 Å². The van der Waals surface area contributed by atoms with Crippen molar-refractivity contribution in [3.63, 3.8) is 0 Å². The zero-order valence-electron chi connectivity index (χ0n) is 13.5. The van der Waals surface area contributed by atoms with Gasteiger partial charge >= 0.3 is 0 Å². The molecule has 124 valence electrons. The average molecular weight is 310 g/mol. The molecule has 5 heteroatoms. The summed E-state index contributed by atoms with van der Waals surface area (Å²) in [7, 11) is 0. The van der Waals surface area contributed by atoms with Gasteiger partial charge in [0.2, 0.25) is 0 Å². The molecule has 0 aliphatic carbocycles. The van der Waals surface area contributed by atoms with Gasteiger partial charge in [-0.1, -0.05) is 19.9 Å². The minimum Gasteiger partial charge on any atom is -0.396 e. The van der Waals surface area contributed by atoms with Crippen LogP contribution in [-0.4, -0.2) is 44.1 Å². The van der Waals surface area contributed by atoms with Gasteiger partial charge in [-0.15, -0.1) is 0 Å². The van der Waals surface area contributed by atoms with Crippen LogP contribution in [0.1, 0.15) is 25.8 Å². The Balaban J connectivity index is 1.96. The van der Waals surface area contributed by atoms with Crippen molar-refractivity contribution < 1.29 is 14.2 Å². The fraction of sp³-hybridized carbons (Fsp3) is 0.647. The van der Waals surface area contributed by atoms with E-state index in [2.05, 4.69) is 19.2 Å². The van der Waals surface area contributed by atoms with Crippen molar-refractivity contribution in [1.29, 1.82) is 0 Å². The highest BCUT2D eigenvalue weighted by molar-refractivity contribution is 5.49. The molecule has 0 aromatic heterocycles. The van der Waals surface area contributed by atoms with Gasteiger partial charge in [-0.3, -0.25) is 0 Å². The second-order valence-corrected chi connectivity index (χ2v) is 6.13. The summed E-state index contributed by atoms with van der Waals surface area (Å²) in [4.78, 5) is 2.03. The molecule has 1 saturated heterocycles. The van der Waals surface area contributed by atoms with E-state index in [1.165, 1.54) is 0 Å². The van der Waals surface area contributed by atoms with Crippen molar-refractivity contribution in [2.45, 2.75) is 32.9 Å². The van der Waals surface area contributed by atoms with E-state index in [0.717, 1.165) is 18.7 Å². The van der Waals surface area contributed by atoms with Crippen molar-refractivity contribution >= 4 is 5.69 Å². The van der Waals surface area contributed by atoms with Crippen LogP contribution in [0.4, 0.5) is 10.1 Å². The van der Waals surface area contributed by atoms with Crippen LogP contribution in [0, 0.1) is 11.7 Å². The molecule has 22 heavy (non-hydrogen) atoms. The van der Waals surface area contributed by atoms with Gasteiger partial charge in [0.25, 0.3) is 0 Å². The molecule has 0 saturated carbocycles. The highest BCUT2D eigenvalue weighted by Crippen LogP contribution is 2.21. The lowest BCUT2D eigenvalue weighted by Gasteiger charge is -2.29. The molecular formula is C17H27FN2O2. The fourth-order valence-corrected chi connectivity index (χ4v) is 2.78. The van der Waals surface area contributed by atoms with Gasteiger partial charge in [0.1, 0.15) is 5.82 Å². The third kappa shape index (κ3) is 4.66. The second-order valence-electron chi connectivity index (χ2n) is 6.13. The molecule has 2 rings (SSSR count). The summed E-state index contributed by atoms with van der Waals surface area (Å²) in [5.74, 6) is 0.258. The van der Waals surface area contributed by atoms with Crippen LogP contribution < -0.4 is 10.2 Å². The van der Waals surface area contributed by atoms with E-state index in [1.54, 1.807) is 6.07 Å². The molecule has 1 heterocycles.